The predicted octanol–water partition coefficient (Wildman–Crippen LogP) is 3.93. The molecule has 3 aromatic rings. The average Bonchev–Trinajstić information content (AvgIpc) is 3.14. The van der Waals surface area contributed by atoms with Crippen LogP contribution < -0.4 is 21.1 Å². The molecule has 7 heteroatoms. The van der Waals surface area contributed by atoms with Gasteiger partial charge in [-0.3, -0.25) is 9.79 Å². The minimum atomic E-state index is -0.224. The van der Waals surface area contributed by atoms with Crippen LogP contribution >= 0.6 is 0 Å². The van der Waals surface area contributed by atoms with Crippen LogP contribution in [0.15, 0.2) is 76.3 Å². The standard InChI is InChI=1S/C22H24N4O3/c1-16-11-14-28-20(16)21(27)24-12-6-13-25-22(23)26-17-7-5-10-19(15-17)29-18-8-3-2-4-9-18/h2-5,7-11,14-15H,6,12-13H2,1H3,(H,24,27)(H3,23,25,26). The third-order valence-corrected chi connectivity index (χ3v) is 4.06. The molecule has 150 valence electrons. The molecule has 2 aromatic carbocycles. The zero-order valence-corrected chi connectivity index (χ0v) is 16.2. The second-order valence-electron chi connectivity index (χ2n) is 6.38. The summed E-state index contributed by atoms with van der Waals surface area (Å²) in [5.41, 5.74) is 7.53. The van der Waals surface area contributed by atoms with Crippen molar-refractivity contribution in [2.45, 2.75) is 13.3 Å². The van der Waals surface area contributed by atoms with Crippen molar-refractivity contribution in [3.8, 4) is 11.5 Å². The van der Waals surface area contributed by atoms with Gasteiger partial charge in [-0.2, -0.15) is 0 Å². The van der Waals surface area contributed by atoms with Crippen LogP contribution in [0.5, 0.6) is 11.5 Å². The van der Waals surface area contributed by atoms with E-state index in [2.05, 4.69) is 15.6 Å². The van der Waals surface area contributed by atoms with Crippen LogP contribution in [0.3, 0.4) is 0 Å². The summed E-state index contributed by atoms with van der Waals surface area (Å²) in [6, 6.07) is 18.8. The number of ether oxygens (including phenoxy) is 1. The number of benzene rings is 2. The summed E-state index contributed by atoms with van der Waals surface area (Å²) in [6.45, 7) is 2.79. The van der Waals surface area contributed by atoms with E-state index in [1.807, 2.05) is 61.5 Å². The number of hydrogen-bond donors (Lipinski definition) is 3. The van der Waals surface area contributed by atoms with Gasteiger partial charge in [-0.1, -0.05) is 24.3 Å². The molecule has 7 nitrogen and oxygen atoms in total. The van der Waals surface area contributed by atoms with E-state index in [4.69, 9.17) is 14.9 Å². The molecule has 0 radical (unpaired) electrons. The number of nitrogens with two attached hydrogens (primary N) is 1. The van der Waals surface area contributed by atoms with Crippen LogP contribution in [0, 0.1) is 6.92 Å². The lowest BCUT2D eigenvalue weighted by Crippen LogP contribution is -2.26. The van der Waals surface area contributed by atoms with Crippen molar-refractivity contribution in [3.63, 3.8) is 0 Å². The summed E-state index contributed by atoms with van der Waals surface area (Å²) < 4.78 is 11.0. The SMILES string of the molecule is Cc1ccoc1C(=O)NCCCN=C(N)Nc1cccc(Oc2ccccc2)c1. The van der Waals surface area contributed by atoms with E-state index in [1.165, 1.54) is 6.26 Å². The third-order valence-electron chi connectivity index (χ3n) is 4.06. The van der Waals surface area contributed by atoms with Crippen molar-refractivity contribution in [1.82, 2.24) is 5.32 Å². The first-order valence-electron chi connectivity index (χ1n) is 9.34. The Morgan fingerprint density at radius 1 is 1.10 bits per heavy atom. The van der Waals surface area contributed by atoms with Crippen molar-refractivity contribution >= 4 is 17.6 Å². The third kappa shape index (κ3) is 6.14. The Balaban J connectivity index is 1.43. The molecular formula is C22H24N4O3. The Morgan fingerprint density at radius 2 is 1.90 bits per heavy atom. The Labute approximate surface area is 169 Å². The number of rotatable bonds is 8. The highest BCUT2D eigenvalue weighted by atomic mass is 16.5. The molecule has 29 heavy (non-hydrogen) atoms. The number of guanidine groups is 1. The van der Waals surface area contributed by atoms with Gasteiger partial charge in [-0.05, 0) is 43.7 Å². The zero-order chi connectivity index (χ0) is 20.5. The molecule has 0 unspecified atom stereocenters. The van der Waals surface area contributed by atoms with Crippen LogP contribution in [0.1, 0.15) is 22.5 Å². The summed E-state index contributed by atoms with van der Waals surface area (Å²) in [5.74, 6) is 1.88. The number of furan rings is 1. The maximum atomic E-state index is 11.9. The first kappa shape index (κ1) is 20.0. The van der Waals surface area contributed by atoms with E-state index >= 15 is 0 Å². The largest absolute Gasteiger partial charge is 0.459 e. The molecule has 0 atom stereocenters. The second kappa shape index (κ2) is 9.98. The molecule has 0 fully saturated rings. The fraction of sp³-hybridized carbons (Fsp3) is 0.182. The Morgan fingerprint density at radius 3 is 2.66 bits per heavy atom. The molecule has 0 aliphatic heterocycles. The summed E-state index contributed by atoms with van der Waals surface area (Å²) >= 11 is 0. The van der Waals surface area contributed by atoms with Crippen molar-refractivity contribution in [2.24, 2.45) is 10.7 Å². The minimum Gasteiger partial charge on any atom is -0.459 e. The topological polar surface area (TPSA) is 102 Å². The highest BCUT2D eigenvalue weighted by Crippen LogP contribution is 2.23. The molecule has 0 bridgehead atoms. The van der Waals surface area contributed by atoms with Gasteiger partial charge in [0.25, 0.3) is 5.91 Å². The quantitative estimate of drug-likeness (QED) is 0.306. The molecular weight excluding hydrogens is 368 g/mol. The Bertz CT molecular complexity index is 967. The molecule has 0 saturated carbocycles. The smallest absolute Gasteiger partial charge is 0.287 e. The van der Waals surface area contributed by atoms with E-state index in [0.29, 0.717) is 37.0 Å². The van der Waals surface area contributed by atoms with Crippen molar-refractivity contribution in [2.75, 3.05) is 18.4 Å². The summed E-state index contributed by atoms with van der Waals surface area (Å²) in [7, 11) is 0. The number of hydrogen-bond acceptors (Lipinski definition) is 4. The van der Waals surface area contributed by atoms with Gasteiger partial charge < -0.3 is 25.5 Å². The Kier molecular flexibility index (Phi) is 6.89. The van der Waals surface area contributed by atoms with E-state index < -0.39 is 0 Å². The fourth-order valence-corrected chi connectivity index (χ4v) is 2.62. The second-order valence-corrected chi connectivity index (χ2v) is 6.38. The van der Waals surface area contributed by atoms with Crippen molar-refractivity contribution in [1.29, 1.82) is 0 Å². The van der Waals surface area contributed by atoms with E-state index in [0.717, 1.165) is 17.0 Å². The molecule has 1 aromatic heterocycles. The monoisotopic (exact) mass is 392 g/mol. The summed E-state index contributed by atoms with van der Waals surface area (Å²) in [6.07, 6.45) is 2.16. The first-order chi connectivity index (χ1) is 14.1. The molecule has 4 N–H and O–H groups in total. The van der Waals surface area contributed by atoms with Crippen LogP contribution in [0.4, 0.5) is 5.69 Å². The van der Waals surface area contributed by atoms with E-state index in [-0.39, 0.29) is 5.91 Å². The number of nitrogens with one attached hydrogen (secondary N) is 2. The lowest BCUT2D eigenvalue weighted by atomic mass is 10.2. The first-order valence-corrected chi connectivity index (χ1v) is 9.34. The number of anilines is 1. The molecule has 1 heterocycles. The van der Waals surface area contributed by atoms with Gasteiger partial charge in [0.2, 0.25) is 0 Å². The number of carbonyl (C=O) groups is 1. The minimum absolute atomic E-state index is 0.224. The Hall–Kier alpha value is -3.74. The maximum absolute atomic E-state index is 11.9. The van der Waals surface area contributed by atoms with E-state index in [1.54, 1.807) is 6.07 Å². The molecule has 0 saturated heterocycles. The van der Waals surface area contributed by atoms with Crippen LogP contribution in [-0.2, 0) is 0 Å². The molecule has 0 aliphatic rings. The van der Waals surface area contributed by atoms with Gasteiger partial charge in [0.05, 0.1) is 6.26 Å². The summed E-state index contributed by atoms with van der Waals surface area (Å²) in [5, 5.41) is 5.84. The fourth-order valence-electron chi connectivity index (χ4n) is 2.62. The number of aryl methyl sites for hydroxylation is 1. The van der Waals surface area contributed by atoms with Crippen LogP contribution in [-0.4, -0.2) is 25.0 Å². The highest BCUT2D eigenvalue weighted by Gasteiger charge is 2.11. The predicted molar refractivity (Wildman–Crippen MR) is 113 cm³/mol. The van der Waals surface area contributed by atoms with Crippen molar-refractivity contribution in [3.05, 3.63) is 78.3 Å². The van der Waals surface area contributed by atoms with Gasteiger partial charge in [0.1, 0.15) is 11.5 Å². The number of nitrogens with zero attached hydrogens (tertiary/aromatic N) is 1. The van der Waals surface area contributed by atoms with Gasteiger partial charge in [0, 0.05) is 30.4 Å². The summed E-state index contributed by atoms with van der Waals surface area (Å²) in [4.78, 5) is 16.2. The lowest BCUT2D eigenvalue weighted by molar-refractivity contribution is 0.0925. The molecule has 3 rings (SSSR count). The van der Waals surface area contributed by atoms with Gasteiger partial charge in [-0.25, -0.2) is 0 Å². The average molecular weight is 392 g/mol. The lowest BCUT2D eigenvalue weighted by Gasteiger charge is -2.09. The van der Waals surface area contributed by atoms with Gasteiger partial charge >= 0.3 is 0 Å². The van der Waals surface area contributed by atoms with Crippen LogP contribution in [0.2, 0.25) is 0 Å². The van der Waals surface area contributed by atoms with Crippen LogP contribution in [0.25, 0.3) is 0 Å². The van der Waals surface area contributed by atoms with Crippen molar-refractivity contribution < 1.29 is 13.9 Å². The molecule has 0 spiro atoms. The number of aliphatic imine (C=N–C) groups is 1. The normalized spacial score (nSPS) is 11.1. The maximum Gasteiger partial charge on any atom is 0.287 e. The van der Waals surface area contributed by atoms with E-state index in [9.17, 15) is 4.79 Å². The molecule has 0 aliphatic carbocycles. The van der Waals surface area contributed by atoms with Gasteiger partial charge in [0.15, 0.2) is 11.7 Å². The zero-order valence-electron chi connectivity index (χ0n) is 16.2. The highest BCUT2D eigenvalue weighted by molar-refractivity contribution is 5.93. The number of para-hydroxylation sites is 1. The van der Waals surface area contributed by atoms with Gasteiger partial charge in [-0.15, -0.1) is 0 Å². The molecule has 1 amide bonds. The number of carbonyl (C=O) groups excluding carboxylic acids is 1. The number of amides is 1.